The zero-order valence-electron chi connectivity index (χ0n) is 15.3. The van der Waals surface area contributed by atoms with Crippen LogP contribution < -0.4 is 17.2 Å². The molecule has 1 fully saturated rings. The molecule has 2 unspecified atom stereocenters. The lowest BCUT2D eigenvalue weighted by molar-refractivity contribution is -0.145. The number of hydrogen-bond acceptors (Lipinski definition) is 10. The number of aromatic hydroxyl groups is 1. The first kappa shape index (κ1) is 21.1. The van der Waals surface area contributed by atoms with E-state index in [1.807, 2.05) is 0 Å². The van der Waals surface area contributed by atoms with Gasteiger partial charge in [-0.15, -0.1) is 11.8 Å². The minimum absolute atomic E-state index is 0.0531. The van der Waals surface area contributed by atoms with Crippen molar-refractivity contribution in [2.45, 2.75) is 35.3 Å². The molecule has 7 N–H and O–H groups in total. The Morgan fingerprint density at radius 3 is 2.59 bits per heavy atom. The third kappa shape index (κ3) is 4.88. The van der Waals surface area contributed by atoms with E-state index in [1.54, 1.807) is 12.1 Å². The van der Waals surface area contributed by atoms with Gasteiger partial charge in [-0.1, -0.05) is 12.1 Å². The van der Waals surface area contributed by atoms with E-state index < -0.39 is 40.5 Å². The number of rotatable bonds is 6. The number of aliphatic hydroxyl groups excluding tert-OH is 2. The van der Waals surface area contributed by atoms with Gasteiger partial charge in [0.05, 0.1) is 11.4 Å². The fourth-order valence-corrected chi connectivity index (χ4v) is 4.40. The minimum atomic E-state index is -1.25. The molecule has 0 saturated carbocycles. The normalized spacial score (nSPS) is 24.9. The number of phenols is 1. The van der Waals surface area contributed by atoms with Crippen molar-refractivity contribution >= 4 is 23.5 Å². The van der Waals surface area contributed by atoms with Crippen LogP contribution in [0.2, 0.25) is 0 Å². The number of anilines is 1. The number of hydrogen-bond donors (Lipinski definition) is 5. The predicted octanol–water partition coefficient (Wildman–Crippen LogP) is -1.02. The number of benzene rings is 1. The first-order chi connectivity index (χ1) is 13.8. The quantitative estimate of drug-likeness (QED) is 0.362. The van der Waals surface area contributed by atoms with E-state index in [9.17, 15) is 24.9 Å². The number of ether oxygens (including phenoxy) is 1. The molecule has 1 aromatic heterocycles. The zero-order chi connectivity index (χ0) is 21.1. The minimum Gasteiger partial charge on any atom is -0.508 e. The van der Waals surface area contributed by atoms with Crippen molar-refractivity contribution in [2.75, 3.05) is 12.3 Å². The van der Waals surface area contributed by atoms with Gasteiger partial charge in [0, 0.05) is 6.20 Å². The molecule has 1 aromatic carbocycles. The molecule has 0 spiro atoms. The summed E-state index contributed by atoms with van der Waals surface area (Å²) in [6, 6.07) is 6.78. The van der Waals surface area contributed by atoms with E-state index in [4.69, 9.17) is 16.2 Å². The van der Waals surface area contributed by atoms with Crippen molar-refractivity contribution in [3.8, 4) is 5.75 Å². The maximum absolute atomic E-state index is 12.2. The van der Waals surface area contributed by atoms with Gasteiger partial charge in [0.15, 0.2) is 0 Å². The van der Waals surface area contributed by atoms with Crippen LogP contribution in [0.5, 0.6) is 5.75 Å². The standard InChI is InChI=1S/C18H22N4O6S/c19-11(7-9-1-3-10(23)4-2-9)17(26)28-8-12-14(24)15(25)16(29-12)22-6-5-13(20)21-18(22)27/h1-6,11-12,14-16,23-25H,7-8,19H2,(H2,20,21,27)/t11-,12-,14?,15?,16-/m1/s1. The Morgan fingerprint density at radius 2 is 1.93 bits per heavy atom. The maximum Gasteiger partial charge on any atom is 0.350 e. The Morgan fingerprint density at radius 1 is 1.24 bits per heavy atom. The number of nitrogens with zero attached hydrogens (tertiary/aromatic N) is 2. The molecule has 29 heavy (non-hydrogen) atoms. The van der Waals surface area contributed by atoms with E-state index in [1.165, 1.54) is 29.0 Å². The van der Waals surface area contributed by atoms with Gasteiger partial charge in [-0.3, -0.25) is 9.36 Å². The number of carbonyl (C=O) groups excluding carboxylic acids is 1. The second-order valence-corrected chi connectivity index (χ2v) is 8.06. The van der Waals surface area contributed by atoms with Crippen LogP contribution in [-0.2, 0) is 16.0 Å². The van der Waals surface area contributed by atoms with Gasteiger partial charge < -0.3 is 31.5 Å². The van der Waals surface area contributed by atoms with Crippen molar-refractivity contribution in [3.63, 3.8) is 0 Å². The highest BCUT2D eigenvalue weighted by atomic mass is 32.2. The fraction of sp³-hybridized carbons (Fsp3) is 0.389. The van der Waals surface area contributed by atoms with Crippen molar-refractivity contribution in [1.29, 1.82) is 0 Å². The van der Waals surface area contributed by atoms with Crippen LogP contribution >= 0.6 is 11.8 Å². The smallest absolute Gasteiger partial charge is 0.350 e. The van der Waals surface area contributed by atoms with Crippen molar-refractivity contribution < 1.29 is 24.9 Å². The molecule has 1 saturated heterocycles. The Balaban J connectivity index is 1.58. The molecule has 11 heteroatoms. The summed E-state index contributed by atoms with van der Waals surface area (Å²) in [5.74, 6) is -0.492. The summed E-state index contributed by atoms with van der Waals surface area (Å²) in [4.78, 5) is 27.8. The summed E-state index contributed by atoms with van der Waals surface area (Å²) < 4.78 is 6.38. The molecule has 0 radical (unpaired) electrons. The van der Waals surface area contributed by atoms with E-state index in [0.717, 1.165) is 17.3 Å². The molecule has 3 rings (SSSR count). The number of aromatic nitrogens is 2. The molecule has 10 nitrogen and oxygen atoms in total. The second kappa shape index (κ2) is 8.82. The monoisotopic (exact) mass is 422 g/mol. The van der Waals surface area contributed by atoms with Gasteiger partial charge in [-0.25, -0.2) is 4.79 Å². The Bertz CT molecular complexity index is 921. The highest BCUT2D eigenvalue weighted by Crippen LogP contribution is 2.41. The highest BCUT2D eigenvalue weighted by molar-refractivity contribution is 8.00. The predicted molar refractivity (Wildman–Crippen MR) is 106 cm³/mol. The molecular formula is C18H22N4O6S. The van der Waals surface area contributed by atoms with E-state index >= 15 is 0 Å². The lowest BCUT2D eigenvalue weighted by Crippen LogP contribution is -2.38. The molecule has 0 amide bonds. The number of esters is 1. The molecule has 156 valence electrons. The Hall–Kier alpha value is -2.60. The Kier molecular flexibility index (Phi) is 6.42. The number of nitrogen functional groups attached to an aromatic ring is 1. The second-order valence-electron chi connectivity index (χ2n) is 6.70. The number of phenolic OH excluding ortho intramolecular Hbond substituents is 1. The molecular weight excluding hydrogens is 400 g/mol. The fourth-order valence-electron chi connectivity index (χ4n) is 2.96. The van der Waals surface area contributed by atoms with Crippen LogP contribution in [0.1, 0.15) is 10.9 Å². The van der Waals surface area contributed by atoms with Crippen LogP contribution in [0.25, 0.3) is 0 Å². The summed E-state index contributed by atoms with van der Waals surface area (Å²) >= 11 is 1.10. The molecule has 1 aliphatic rings. The molecule has 0 bridgehead atoms. The van der Waals surface area contributed by atoms with Gasteiger partial charge in [0.2, 0.25) is 0 Å². The van der Waals surface area contributed by atoms with Crippen LogP contribution in [0.4, 0.5) is 5.82 Å². The van der Waals surface area contributed by atoms with E-state index in [2.05, 4.69) is 4.98 Å². The van der Waals surface area contributed by atoms with Crippen molar-refractivity contribution in [3.05, 3.63) is 52.6 Å². The van der Waals surface area contributed by atoms with Gasteiger partial charge >= 0.3 is 11.7 Å². The summed E-state index contributed by atoms with van der Waals surface area (Å²) in [7, 11) is 0. The lowest BCUT2D eigenvalue weighted by Gasteiger charge is -2.17. The average Bonchev–Trinajstić information content (AvgIpc) is 2.96. The van der Waals surface area contributed by atoms with Gasteiger partial charge in [0.1, 0.15) is 35.7 Å². The first-order valence-corrected chi connectivity index (χ1v) is 9.77. The number of carbonyl (C=O) groups is 1. The SMILES string of the molecule is Nc1ccn([C@@H]2S[C@H](COC(=O)[C@H](N)Cc3ccc(O)cc3)C(O)C2O)c(=O)n1. The highest BCUT2D eigenvalue weighted by Gasteiger charge is 2.44. The Labute approximate surface area is 170 Å². The van der Waals surface area contributed by atoms with Crippen molar-refractivity contribution in [2.24, 2.45) is 5.73 Å². The van der Waals surface area contributed by atoms with Crippen molar-refractivity contribution in [1.82, 2.24) is 9.55 Å². The van der Waals surface area contributed by atoms with Crippen LogP contribution in [0.3, 0.4) is 0 Å². The molecule has 0 aliphatic carbocycles. The number of nitrogens with two attached hydrogens (primary N) is 2. The molecule has 1 aliphatic heterocycles. The zero-order valence-corrected chi connectivity index (χ0v) is 16.1. The third-order valence-corrected chi connectivity index (χ3v) is 6.10. The molecule has 2 heterocycles. The third-order valence-electron chi connectivity index (χ3n) is 4.55. The van der Waals surface area contributed by atoms with Gasteiger partial charge in [-0.05, 0) is 30.2 Å². The van der Waals surface area contributed by atoms with E-state index in [0.29, 0.717) is 0 Å². The van der Waals surface area contributed by atoms with Crippen LogP contribution in [-0.4, -0.2) is 60.9 Å². The van der Waals surface area contributed by atoms with Crippen LogP contribution in [0.15, 0.2) is 41.3 Å². The van der Waals surface area contributed by atoms with Gasteiger partial charge in [0.25, 0.3) is 0 Å². The van der Waals surface area contributed by atoms with Gasteiger partial charge in [-0.2, -0.15) is 4.98 Å². The summed E-state index contributed by atoms with van der Waals surface area (Å²) in [6.07, 6.45) is -0.856. The summed E-state index contributed by atoms with van der Waals surface area (Å²) in [5.41, 5.74) is 11.4. The topological polar surface area (TPSA) is 174 Å². The molecule has 2 aromatic rings. The summed E-state index contributed by atoms with van der Waals surface area (Å²) in [6.45, 7) is -0.182. The number of thioether (sulfide) groups is 1. The van der Waals surface area contributed by atoms with E-state index in [-0.39, 0.29) is 24.6 Å². The first-order valence-electron chi connectivity index (χ1n) is 8.82. The van der Waals surface area contributed by atoms with Crippen LogP contribution in [0, 0.1) is 0 Å². The summed E-state index contributed by atoms with van der Waals surface area (Å²) in [5, 5.41) is 28.4. The number of aliphatic hydroxyl groups is 2. The maximum atomic E-state index is 12.2. The lowest BCUT2D eigenvalue weighted by atomic mass is 10.1. The molecule has 5 atom stereocenters. The average molecular weight is 422 g/mol. The largest absolute Gasteiger partial charge is 0.508 e.